The maximum absolute atomic E-state index is 6.13. The normalized spacial score (nSPS) is 12.4. The summed E-state index contributed by atoms with van der Waals surface area (Å²) in [6.07, 6.45) is 2.47. The van der Waals surface area contributed by atoms with E-state index in [1.54, 1.807) is 6.20 Å². The van der Waals surface area contributed by atoms with Crippen LogP contribution in [0.15, 0.2) is 42.6 Å². The Morgan fingerprint density at radius 2 is 2.12 bits per heavy atom. The second kappa shape index (κ2) is 5.30. The Morgan fingerprint density at radius 1 is 1.29 bits per heavy atom. The van der Waals surface area contributed by atoms with Gasteiger partial charge in [-0.1, -0.05) is 41.4 Å². The number of aromatic nitrogens is 1. The van der Waals surface area contributed by atoms with E-state index in [1.165, 1.54) is 11.1 Å². The van der Waals surface area contributed by atoms with Gasteiger partial charge in [0.25, 0.3) is 0 Å². The van der Waals surface area contributed by atoms with Crippen LogP contribution in [0.1, 0.15) is 22.9 Å². The lowest BCUT2D eigenvalue weighted by Gasteiger charge is -2.12. The Balaban J connectivity index is 2.17. The number of rotatable bonds is 3. The van der Waals surface area contributed by atoms with Crippen LogP contribution in [0, 0.1) is 6.92 Å². The minimum absolute atomic E-state index is 0.162. The van der Waals surface area contributed by atoms with E-state index in [9.17, 15) is 0 Å². The van der Waals surface area contributed by atoms with E-state index < -0.39 is 0 Å². The summed E-state index contributed by atoms with van der Waals surface area (Å²) in [6, 6.07) is 11.8. The Kier molecular flexibility index (Phi) is 3.77. The van der Waals surface area contributed by atoms with Crippen molar-refractivity contribution in [1.29, 1.82) is 0 Å². The zero-order valence-electron chi connectivity index (χ0n) is 9.73. The molecule has 0 saturated carbocycles. The molecule has 0 aliphatic carbocycles. The average molecular weight is 247 g/mol. The molecule has 2 aromatic rings. The van der Waals surface area contributed by atoms with Gasteiger partial charge in [-0.15, -0.1) is 0 Å². The van der Waals surface area contributed by atoms with Crippen molar-refractivity contribution in [3.8, 4) is 0 Å². The van der Waals surface area contributed by atoms with Crippen LogP contribution in [-0.4, -0.2) is 4.98 Å². The molecule has 2 rings (SSSR count). The third-order valence-corrected chi connectivity index (χ3v) is 3.00. The van der Waals surface area contributed by atoms with Gasteiger partial charge in [0.2, 0.25) is 0 Å². The molecule has 0 bridgehead atoms. The highest BCUT2D eigenvalue weighted by molar-refractivity contribution is 6.31. The quantitative estimate of drug-likeness (QED) is 0.903. The fraction of sp³-hybridized carbons (Fsp3) is 0.214. The maximum atomic E-state index is 6.13. The van der Waals surface area contributed by atoms with Crippen molar-refractivity contribution in [2.24, 2.45) is 5.73 Å². The molecule has 3 heteroatoms. The molecule has 1 aromatic heterocycles. The van der Waals surface area contributed by atoms with Crippen LogP contribution in [0.25, 0.3) is 0 Å². The summed E-state index contributed by atoms with van der Waals surface area (Å²) < 4.78 is 0. The number of hydrogen-bond acceptors (Lipinski definition) is 2. The molecule has 0 fully saturated rings. The minimum atomic E-state index is -0.162. The maximum Gasteiger partial charge on any atom is 0.0760 e. The Bertz CT molecular complexity index is 511. The molecule has 1 atom stereocenters. The summed E-state index contributed by atoms with van der Waals surface area (Å²) in [5, 5.41) is 0.632. The number of pyridine rings is 1. The Hall–Kier alpha value is -1.38. The zero-order valence-corrected chi connectivity index (χ0v) is 10.5. The third kappa shape index (κ3) is 3.05. The molecule has 0 saturated heterocycles. The van der Waals surface area contributed by atoms with Crippen LogP contribution in [-0.2, 0) is 6.42 Å². The van der Waals surface area contributed by atoms with Gasteiger partial charge in [-0.25, -0.2) is 0 Å². The lowest BCUT2D eigenvalue weighted by atomic mass is 10.0. The molecule has 17 heavy (non-hydrogen) atoms. The summed E-state index contributed by atoms with van der Waals surface area (Å²) in [6.45, 7) is 2.07. The van der Waals surface area contributed by atoms with E-state index in [2.05, 4.69) is 30.1 Å². The molecular weight excluding hydrogens is 232 g/mol. The molecule has 0 spiro atoms. The van der Waals surface area contributed by atoms with Gasteiger partial charge < -0.3 is 5.73 Å². The van der Waals surface area contributed by atoms with Gasteiger partial charge in [-0.2, -0.15) is 0 Å². The molecule has 1 aromatic carbocycles. The molecular formula is C14H15ClN2. The fourth-order valence-electron chi connectivity index (χ4n) is 1.86. The van der Waals surface area contributed by atoms with Gasteiger partial charge in [0, 0.05) is 6.20 Å². The molecule has 1 heterocycles. The second-order valence-corrected chi connectivity index (χ2v) is 4.58. The molecule has 2 N–H and O–H groups in total. The minimum Gasteiger partial charge on any atom is -0.322 e. The van der Waals surface area contributed by atoms with Crippen LogP contribution in [0.3, 0.4) is 0 Å². The predicted molar refractivity (Wildman–Crippen MR) is 71.1 cm³/mol. The van der Waals surface area contributed by atoms with Crippen LogP contribution < -0.4 is 5.73 Å². The van der Waals surface area contributed by atoms with Gasteiger partial charge in [0.05, 0.1) is 16.8 Å². The first-order valence-electron chi connectivity index (χ1n) is 5.58. The highest BCUT2D eigenvalue weighted by Gasteiger charge is 2.11. The SMILES string of the molecule is Cc1cccc(CC(N)c2ncccc2Cl)c1. The molecule has 88 valence electrons. The largest absolute Gasteiger partial charge is 0.322 e. The average Bonchev–Trinajstić information content (AvgIpc) is 2.29. The number of nitrogens with zero attached hydrogens (tertiary/aromatic N) is 1. The number of nitrogens with two attached hydrogens (primary N) is 1. The van der Waals surface area contributed by atoms with Crippen LogP contribution in [0.4, 0.5) is 0 Å². The van der Waals surface area contributed by atoms with E-state index in [4.69, 9.17) is 17.3 Å². The summed E-state index contributed by atoms with van der Waals surface area (Å²) in [7, 11) is 0. The molecule has 0 radical (unpaired) electrons. The Morgan fingerprint density at radius 3 is 2.82 bits per heavy atom. The number of hydrogen-bond donors (Lipinski definition) is 1. The highest BCUT2D eigenvalue weighted by Crippen LogP contribution is 2.21. The van der Waals surface area contributed by atoms with E-state index in [0.717, 1.165) is 12.1 Å². The van der Waals surface area contributed by atoms with Crippen molar-refractivity contribution < 1.29 is 0 Å². The van der Waals surface area contributed by atoms with Crippen molar-refractivity contribution in [3.63, 3.8) is 0 Å². The summed E-state index contributed by atoms with van der Waals surface area (Å²) in [5.74, 6) is 0. The van der Waals surface area contributed by atoms with Gasteiger partial charge in [0.1, 0.15) is 0 Å². The summed E-state index contributed by atoms with van der Waals surface area (Å²) in [5.41, 5.74) is 9.34. The lowest BCUT2D eigenvalue weighted by Crippen LogP contribution is -2.15. The van der Waals surface area contributed by atoms with Crippen molar-refractivity contribution in [2.45, 2.75) is 19.4 Å². The predicted octanol–water partition coefficient (Wildman–Crippen LogP) is 3.29. The Labute approximate surface area is 106 Å². The molecule has 0 aliphatic rings. The van der Waals surface area contributed by atoms with E-state index in [0.29, 0.717) is 5.02 Å². The van der Waals surface area contributed by atoms with Gasteiger partial charge in [-0.05, 0) is 31.0 Å². The first-order chi connectivity index (χ1) is 8.16. The van der Waals surface area contributed by atoms with Crippen molar-refractivity contribution >= 4 is 11.6 Å². The van der Waals surface area contributed by atoms with Crippen LogP contribution in [0.2, 0.25) is 5.02 Å². The van der Waals surface area contributed by atoms with Gasteiger partial charge >= 0.3 is 0 Å². The number of halogens is 1. The molecule has 0 aliphatic heterocycles. The second-order valence-electron chi connectivity index (χ2n) is 4.17. The van der Waals surface area contributed by atoms with Crippen molar-refractivity contribution in [1.82, 2.24) is 4.98 Å². The van der Waals surface area contributed by atoms with E-state index in [1.807, 2.05) is 18.2 Å². The topological polar surface area (TPSA) is 38.9 Å². The first kappa shape index (κ1) is 12.1. The monoisotopic (exact) mass is 246 g/mol. The molecule has 0 amide bonds. The van der Waals surface area contributed by atoms with Gasteiger partial charge in [-0.3, -0.25) is 4.98 Å². The van der Waals surface area contributed by atoms with Crippen LogP contribution >= 0.6 is 11.6 Å². The van der Waals surface area contributed by atoms with Crippen molar-refractivity contribution in [2.75, 3.05) is 0 Å². The fourth-order valence-corrected chi connectivity index (χ4v) is 2.12. The molecule has 2 nitrogen and oxygen atoms in total. The van der Waals surface area contributed by atoms with Crippen molar-refractivity contribution in [3.05, 3.63) is 64.4 Å². The summed E-state index contributed by atoms with van der Waals surface area (Å²) >= 11 is 6.07. The first-order valence-corrected chi connectivity index (χ1v) is 5.96. The third-order valence-electron chi connectivity index (χ3n) is 2.68. The van der Waals surface area contributed by atoms with E-state index >= 15 is 0 Å². The van der Waals surface area contributed by atoms with Gasteiger partial charge in [0.15, 0.2) is 0 Å². The van der Waals surface area contributed by atoms with Crippen LogP contribution in [0.5, 0.6) is 0 Å². The summed E-state index contributed by atoms with van der Waals surface area (Å²) in [4.78, 5) is 4.24. The highest BCUT2D eigenvalue weighted by atomic mass is 35.5. The smallest absolute Gasteiger partial charge is 0.0760 e. The number of aryl methyl sites for hydroxylation is 1. The lowest BCUT2D eigenvalue weighted by molar-refractivity contribution is 0.696. The molecule has 1 unspecified atom stereocenters. The zero-order chi connectivity index (χ0) is 12.3. The number of benzene rings is 1. The van der Waals surface area contributed by atoms with E-state index in [-0.39, 0.29) is 6.04 Å². The standard InChI is InChI=1S/C14H15ClN2/c1-10-4-2-5-11(8-10)9-13(16)14-12(15)6-3-7-17-14/h2-8,13H,9,16H2,1H3.